The number of rotatable bonds is 5. The van der Waals surface area contributed by atoms with Gasteiger partial charge in [0, 0.05) is 24.7 Å². The minimum atomic E-state index is 0.322. The van der Waals surface area contributed by atoms with Gasteiger partial charge in [0.15, 0.2) is 0 Å². The fourth-order valence-electron chi connectivity index (χ4n) is 1.88. The second kappa shape index (κ2) is 5.99. The summed E-state index contributed by atoms with van der Waals surface area (Å²) in [5, 5.41) is 10.1. The Balaban J connectivity index is 2.10. The Bertz CT molecular complexity index is 504. The first-order valence-electron chi connectivity index (χ1n) is 6.05. The number of thiophene rings is 1. The minimum Gasteiger partial charge on any atom is -0.313 e. The molecule has 5 heteroatoms. The molecular formula is C13H18BrN3S. The van der Waals surface area contributed by atoms with Gasteiger partial charge in [0.05, 0.1) is 9.48 Å². The van der Waals surface area contributed by atoms with E-state index in [-0.39, 0.29) is 0 Å². The molecule has 0 saturated heterocycles. The van der Waals surface area contributed by atoms with Crippen LogP contribution in [-0.2, 0) is 6.42 Å². The monoisotopic (exact) mass is 327 g/mol. The van der Waals surface area contributed by atoms with E-state index in [0.717, 1.165) is 12.1 Å². The predicted molar refractivity (Wildman–Crippen MR) is 80.1 cm³/mol. The van der Waals surface area contributed by atoms with Gasteiger partial charge in [-0.3, -0.25) is 4.68 Å². The molecule has 0 saturated carbocycles. The van der Waals surface area contributed by atoms with E-state index in [4.69, 9.17) is 0 Å². The van der Waals surface area contributed by atoms with Crippen molar-refractivity contribution in [3.63, 3.8) is 0 Å². The third-order valence-electron chi connectivity index (χ3n) is 2.94. The summed E-state index contributed by atoms with van der Waals surface area (Å²) in [4.78, 5) is 0. The van der Waals surface area contributed by atoms with Crippen LogP contribution in [0.15, 0.2) is 27.5 Å². The Kier molecular flexibility index (Phi) is 4.59. The lowest BCUT2D eigenvalue weighted by Crippen LogP contribution is -2.18. The summed E-state index contributed by atoms with van der Waals surface area (Å²) >= 11 is 5.23. The van der Waals surface area contributed by atoms with Crippen molar-refractivity contribution in [3.05, 3.63) is 38.8 Å². The van der Waals surface area contributed by atoms with Gasteiger partial charge in [0.1, 0.15) is 0 Å². The molecule has 2 heterocycles. The molecule has 2 aromatic heterocycles. The van der Waals surface area contributed by atoms with E-state index in [0.29, 0.717) is 12.1 Å². The molecule has 0 bridgehead atoms. The SMILES string of the molecule is CNC(Cc1ccn(C(C)C)n1)c1csc(Br)c1. The fraction of sp³-hybridized carbons (Fsp3) is 0.462. The summed E-state index contributed by atoms with van der Waals surface area (Å²) in [5.74, 6) is 0. The van der Waals surface area contributed by atoms with Crippen molar-refractivity contribution in [2.45, 2.75) is 32.4 Å². The molecular weight excluding hydrogens is 310 g/mol. The van der Waals surface area contributed by atoms with Crippen molar-refractivity contribution >= 4 is 27.3 Å². The van der Waals surface area contributed by atoms with Crippen LogP contribution in [0.4, 0.5) is 0 Å². The first-order valence-corrected chi connectivity index (χ1v) is 7.72. The molecule has 0 spiro atoms. The van der Waals surface area contributed by atoms with Crippen LogP contribution in [0.25, 0.3) is 0 Å². The van der Waals surface area contributed by atoms with E-state index < -0.39 is 0 Å². The molecule has 0 aromatic carbocycles. The molecule has 98 valence electrons. The zero-order valence-corrected chi connectivity index (χ0v) is 13.3. The van der Waals surface area contributed by atoms with Gasteiger partial charge in [0.25, 0.3) is 0 Å². The van der Waals surface area contributed by atoms with Crippen LogP contribution in [0.2, 0.25) is 0 Å². The molecule has 0 amide bonds. The highest BCUT2D eigenvalue weighted by atomic mass is 79.9. The fourth-order valence-corrected chi connectivity index (χ4v) is 3.11. The van der Waals surface area contributed by atoms with Crippen LogP contribution in [0.5, 0.6) is 0 Å². The normalized spacial score (nSPS) is 13.2. The molecule has 1 unspecified atom stereocenters. The molecule has 2 rings (SSSR count). The van der Waals surface area contributed by atoms with Crippen LogP contribution in [0.3, 0.4) is 0 Å². The predicted octanol–water partition coefficient (Wildman–Crippen LogP) is 3.79. The lowest BCUT2D eigenvalue weighted by molar-refractivity contribution is 0.515. The number of halogens is 1. The average Bonchev–Trinajstić information content (AvgIpc) is 2.94. The zero-order valence-electron chi connectivity index (χ0n) is 10.9. The quantitative estimate of drug-likeness (QED) is 0.905. The Labute approximate surface area is 120 Å². The second-order valence-electron chi connectivity index (χ2n) is 4.61. The van der Waals surface area contributed by atoms with E-state index in [1.54, 1.807) is 11.3 Å². The Morgan fingerprint density at radius 3 is 2.78 bits per heavy atom. The van der Waals surface area contributed by atoms with Crippen LogP contribution >= 0.6 is 27.3 Å². The summed E-state index contributed by atoms with van der Waals surface area (Å²) in [6.45, 7) is 4.28. The van der Waals surface area contributed by atoms with Gasteiger partial charge < -0.3 is 5.32 Å². The van der Waals surface area contributed by atoms with Gasteiger partial charge in [-0.15, -0.1) is 11.3 Å². The van der Waals surface area contributed by atoms with Crippen molar-refractivity contribution < 1.29 is 0 Å². The molecule has 1 atom stereocenters. The second-order valence-corrected chi connectivity index (χ2v) is 6.90. The Hall–Kier alpha value is -0.650. The van der Waals surface area contributed by atoms with Gasteiger partial charge in [-0.25, -0.2) is 0 Å². The molecule has 0 aliphatic heterocycles. The minimum absolute atomic E-state index is 0.322. The van der Waals surface area contributed by atoms with Gasteiger partial charge in [-0.2, -0.15) is 5.10 Å². The van der Waals surface area contributed by atoms with Crippen LogP contribution in [0, 0.1) is 0 Å². The maximum atomic E-state index is 4.60. The van der Waals surface area contributed by atoms with Gasteiger partial charge >= 0.3 is 0 Å². The third-order valence-corrected chi connectivity index (χ3v) is 4.47. The van der Waals surface area contributed by atoms with E-state index in [9.17, 15) is 0 Å². The van der Waals surface area contributed by atoms with Crippen LogP contribution in [0.1, 0.15) is 37.2 Å². The summed E-state index contributed by atoms with van der Waals surface area (Å²) in [6, 6.07) is 5.02. The topological polar surface area (TPSA) is 29.9 Å². The smallest absolute Gasteiger partial charge is 0.0701 e. The standard InChI is InChI=1S/C13H18BrN3S/c1-9(2)17-5-4-11(16-17)7-12(15-3)10-6-13(14)18-8-10/h4-6,8-9,12,15H,7H2,1-3H3. The molecule has 0 aliphatic rings. The zero-order chi connectivity index (χ0) is 13.1. The molecule has 0 fully saturated rings. The Morgan fingerprint density at radius 2 is 2.28 bits per heavy atom. The number of nitrogens with zero attached hydrogens (tertiary/aromatic N) is 2. The summed E-state index contributed by atoms with van der Waals surface area (Å²) in [6.07, 6.45) is 2.97. The molecule has 1 N–H and O–H groups in total. The number of likely N-dealkylation sites (N-methyl/N-ethyl adjacent to an activating group) is 1. The van der Waals surface area contributed by atoms with E-state index in [2.05, 4.69) is 63.9 Å². The first-order chi connectivity index (χ1) is 8.60. The number of hydrogen-bond acceptors (Lipinski definition) is 3. The number of hydrogen-bond donors (Lipinski definition) is 1. The highest BCUT2D eigenvalue weighted by Crippen LogP contribution is 2.27. The molecule has 2 aromatic rings. The van der Waals surface area contributed by atoms with Crippen molar-refractivity contribution in [2.24, 2.45) is 0 Å². The number of aromatic nitrogens is 2. The van der Waals surface area contributed by atoms with E-state index in [1.165, 1.54) is 9.35 Å². The Morgan fingerprint density at radius 1 is 1.50 bits per heavy atom. The van der Waals surface area contributed by atoms with Gasteiger partial charge in [-0.1, -0.05) is 0 Å². The third kappa shape index (κ3) is 3.22. The number of nitrogens with one attached hydrogen (secondary N) is 1. The van der Waals surface area contributed by atoms with Crippen molar-refractivity contribution in [1.82, 2.24) is 15.1 Å². The summed E-state index contributed by atoms with van der Waals surface area (Å²) in [5.41, 5.74) is 2.44. The maximum Gasteiger partial charge on any atom is 0.0701 e. The van der Waals surface area contributed by atoms with Gasteiger partial charge in [-0.05, 0) is 59.9 Å². The highest BCUT2D eigenvalue weighted by Gasteiger charge is 2.13. The van der Waals surface area contributed by atoms with Crippen molar-refractivity contribution in [3.8, 4) is 0 Å². The molecule has 3 nitrogen and oxygen atoms in total. The van der Waals surface area contributed by atoms with Crippen molar-refractivity contribution in [1.29, 1.82) is 0 Å². The van der Waals surface area contributed by atoms with Crippen LogP contribution in [-0.4, -0.2) is 16.8 Å². The summed E-state index contributed by atoms with van der Waals surface area (Å²) in [7, 11) is 2.00. The highest BCUT2D eigenvalue weighted by molar-refractivity contribution is 9.11. The van der Waals surface area contributed by atoms with Gasteiger partial charge in [0.2, 0.25) is 0 Å². The lowest BCUT2D eigenvalue weighted by atomic mass is 10.1. The largest absolute Gasteiger partial charge is 0.313 e. The molecule has 18 heavy (non-hydrogen) atoms. The maximum absolute atomic E-state index is 4.60. The van der Waals surface area contributed by atoms with Crippen LogP contribution < -0.4 is 5.32 Å². The van der Waals surface area contributed by atoms with E-state index >= 15 is 0 Å². The van der Waals surface area contributed by atoms with Crippen molar-refractivity contribution in [2.75, 3.05) is 7.05 Å². The molecule has 0 radical (unpaired) electrons. The lowest BCUT2D eigenvalue weighted by Gasteiger charge is -2.13. The molecule has 0 aliphatic carbocycles. The average molecular weight is 328 g/mol. The first kappa shape index (κ1) is 13.8. The van der Waals surface area contributed by atoms with E-state index in [1.807, 2.05) is 11.7 Å². The summed E-state index contributed by atoms with van der Waals surface area (Å²) < 4.78 is 3.18.